The van der Waals surface area contributed by atoms with Crippen LogP contribution in [0.5, 0.6) is 0 Å². The number of carbonyl (C=O) groups is 1. The molecule has 2 N–H and O–H groups in total. The third-order valence-electron chi connectivity index (χ3n) is 3.20. The van der Waals surface area contributed by atoms with Crippen molar-refractivity contribution in [3.63, 3.8) is 0 Å². The van der Waals surface area contributed by atoms with Crippen LogP contribution in [-0.2, 0) is 6.42 Å². The Morgan fingerprint density at radius 3 is 2.94 bits per heavy atom. The molecule has 5 heteroatoms. The number of rotatable bonds is 3. The Labute approximate surface area is 119 Å². The van der Waals surface area contributed by atoms with Crippen LogP contribution in [0, 0.1) is 6.92 Å². The Kier molecular flexibility index (Phi) is 6.12. The maximum atomic E-state index is 12.1. The molecule has 1 amide bonds. The summed E-state index contributed by atoms with van der Waals surface area (Å²) in [5.74, 6) is 0.0894. The first kappa shape index (κ1) is 15.5. The summed E-state index contributed by atoms with van der Waals surface area (Å²) in [5.41, 5.74) is 1.24. The number of amides is 1. The number of hydrogen-bond acceptors (Lipinski definition) is 3. The molecule has 1 aromatic heterocycles. The first-order valence-corrected chi connectivity index (χ1v) is 7.13. The Balaban J connectivity index is 0.00000162. The molecule has 18 heavy (non-hydrogen) atoms. The second-order valence-corrected chi connectivity index (χ2v) is 5.72. The summed E-state index contributed by atoms with van der Waals surface area (Å²) >= 11 is 1.62. The minimum atomic E-state index is 0. The number of piperidine rings is 1. The van der Waals surface area contributed by atoms with Crippen molar-refractivity contribution in [1.29, 1.82) is 0 Å². The molecule has 0 radical (unpaired) electrons. The molecule has 1 aromatic rings. The molecule has 0 bridgehead atoms. The summed E-state index contributed by atoms with van der Waals surface area (Å²) in [4.78, 5) is 14.2. The highest BCUT2D eigenvalue weighted by atomic mass is 35.5. The Bertz CT molecular complexity index is 400. The predicted octanol–water partition coefficient (Wildman–Crippen LogP) is 2.52. The van der Waals surface area contributed by atoms with Crippen molar-refractivity contribution in [1.82, 2.24) is 10.6 Å². The highest BCUT2D eigenvalue weighted by Gasteiger charge is 2.18. The molecule has 1 fully saturated rings. The van der Waals surface area contributed by atoms with E-state index < -0.39 is 0 Å². The van der Waals surface area contributed by atoms with E-state index in [1.165, 1.54) is 10.4 Å². The lowest BCUT2D eigenvalue weighted by Gasteiger charge is -2.23. The summed E-state index contributed by atoms with van der Waals surface area (Å²) in [5, 5.41) is 6.42. The van der Waals surface area contributed by atoms with Gasteiger partial charge in [0.05, 0.1) is 4.88 Å². The quantitative estimate of drug-likeness (QED) is 0.897. The van der Waals surface area contributed by atoms with Crippen LogP contribution in [0.4, 0.5) is 0 Å². The van der Waals surface area contributed by atoms with E-state index in [2.05, 4.69) is 24.5 Å². The van der Waals surface area contributed by atoms with Gasteiger partial charge in [-0.1, -0.05) is 6.92 Å². The minimum Gasteiger partial charge on any atom is -0.347 e. The zero-order chi connectivity index (χ0) is 12.3. The largest absolute Gasteiger partial charge is 0.347 e. The van der Waals surface area contributed by atoms with Gasteiger partial charge in [0.2, 0.25) is 0 Å². The van der Waals surface area contributed by atoms with E-state index >= 15 is 0 Å². The van der Waals surface area contributed by atoms with Crippen molar-refractivity contribution in [3.05, 3.63) is 21.4 Å². The van der Waals surface area contributed by atoms with Crippen LogP contribution in [-0.4, -0.2) is 25.0 Å². The van der Waals surface area contributed by atoms with E-state index in [1.54, 1.807) is 11.3 Å². The van der Waals surface area contributed by atoms with Gasteiger partial charge in [0.25, 0.3) is 5.91 Å². The standard InChI is InChI=1S/C13H20N2OS.ClH/c1-3-11-9(2)7-12(17-11)13(16)15-10-5-4-6-14-8-10;/h7,10,14H,3-6,8H2,1-2H3,(H,15,16);1H/t10-;/m0./s1. The maximum Gasteiger partial charge on any atom is 0.261 e. The van der Waals surface area contributed by atoms with Crippen molar-refractivity contribution < 1.29 is 4.79 Å². The third kappa shape index (κ3) is 3.70. The van der Waals surface area contributed by atoms with E-state index in [-0.39, 0.29) is 18.3 Å². The zero-order valence-corrected chi connectivity index (χ0v) is 12.5. The van der Waals surface area contributed by atoms with Crippen molar-refractivity contribution in [2.24, 2.45) is 0 Å². The summed E-state index contributed by atoms with van der Waals surface area (Å²) in [6, 6.07) is 2.30. The molecular formula is C13H21ClN2OS. The van der Waals surface area contributed by atoms with E-state index in [4.69, 9.17) is 0 Å². The van der Waals surface area contributed by atoms with Crippen molar-refractivity contribution in [2.45, 2.75) is 39.2 Å². The van der Waals surface area contributed by atoms with E-state index in [9.17, 15) is 4.79 Å². The molecular weight excluding hydrogens is 268 g/mol. The number of thiophene rings is 1. The van der Waals surface area contributed by atoms with Crippen LogP contribution < -0.4 is 10.6 Å². The van der Waals surface area contributed by atoms with Crippen molar-refractivity contribution >= 4 is 29.7 Å². The Hall–Kier alpha value is -0.580. The topological polar surface area (TPSA) is 41.1 Å². The van der Waals surface area contributed by atoms with E-state index in [1.807, 2.05) is 6.07 Å². The molecule has 2 heterocycles. The van der Waals surface area contributed by atoms with Crippen molar-refractivity contribution in [2.75, 3.05) is 13.1 Å². The molecule has 0 aliphatic carbocycles. The number of halogens is 1. The lowest BCUT2D eigenvalue weighted by molar-refractivity contribution is 0.0935. The molecule has 3 nitrogen and oxygen atoms in total. The predicted molar refractivity (Wildman–Crippen MR) is 79.0 cm³/mol. The SMILES string of the molecule is CCc1sc(C(=O)N[C@H]2CCCNC2)cc1C.Cl. The van der Waals surface area contributed by atoms with E-state index in [0.29, 0.717) is 6.04 Å². The van der Waals surface area contributed by atoms with Crippen LogP contribution in [0.2, 0.25) is 0 Å². The van der Waals surface area contributed by atoms with Gasteiger partial charge in [0, 0.05) is 17.5 Å². The number of aryl methyl sites for hydroxylation is 2. The van der Waals surface area contributed by atoms with Gasteiger partial charge in [0.15, 0.2) is 0 Å². The first-order valence-electron chi connectivity index (χ1n) is 6.31. The van der Waals surface area contributed by atoms with Gasteiger partial charge >= 0.3 is 0 Å². The second-order valence-electron chi connectivity index (χ2n) is 4.59. The highest BCUT2D eigenvalue weighted by molar-refractivity contribution is 7.14. The fourth-order valence-corrected chi connectivity index (χ4v) is 3.23. The monoisotopic (exact) mass is 288 g/mol. The molecule has 0 unspecified atom stereocenters. The number of hydrogen-bond donors (Lipinski definition) is 2. The number of nitrogens with one attached hydrogen (secondary N) is 2. The fraction of sp³-hybridized carbons (Fsp3) is 0.615. The average molecular weight is 289 g/mol. The molecule has 0 aromatic carbocycles. The molecule has 1 aliphatic rings. The van der Waals surface area contributed by atoms with Gasteiger partial charge in [-0.3, -0.25) is 4.79 Å². The van der Waals surface area contributed by atoms with Crippen LogP contribution in [0.25, 0.3) is 0 Å². The van der Waals surface area contributed by atoms with Crippen LogP contribution >= 0.6 is 23.7 Å². The molecule has 1 aliphatic heterocycles. The summed E-state index contributed by atoms with van der Waals surface area (Å²) < 4.78 is 0. The van der Waals surface area contributed by atoms with Crippen LogP contribution in [0.15, 0.2) is 6.07 Å². The number of carbonyl (C=O) groups excluding carboxylic acids is 1. The molecule has 1 atom stereocenters. The lowest BCUT2D eigenvalue weighted by atomic mass is 10.1. The Morgan fingerprint density at radius 2 is 2.39 bits per heavy atom. The molecule has 2 rings (SSSR count). The Morgan fingerprint density at radius 1 is 1.61 bits per heavy atom. The van der Waals surface area contributed by atoms with Gasteiger partial charge in [-0.2, -0.15) is 0 Å². The second kappa shape index (κ2) is 7.12. The first-order chi connectivity index (χ1) is 8.20. The van der Waals surface area contributed by atoms with Crippen LogP contribution in [0.1, 0.15) is 39.9 Å². The smallest absolute Gasteiger partial charge is 0.261 e. The normalized spacial score (nSPS) is 19.1. The molecule has 0 spiro atoms. The van der Waals surface area contributed by atoms with Gasteiger partial charge in [-0.15, -0.1) is 23.7 Å². The molecule has 102 valence electrons. The van der Waals surface area contributed by atoms with Gasteiger partial charge in [0.1, 0.15) is 0 Å². The molecule has 0 saturated carbocycles. The lowest BCUT2D eigenvalue weighted by Crippen LogP contribution is -2.45. The van der Waals surface area contributed by atoms with Gasteiger partial charge in [-0.25, -0.2) is 0 Å². The zero-order valence-electron chi connectivity index (χ0n) is 10.9. The fourth-order valence-electron chi connectivity index (χ4n) is 2.21. The summed E-state index contributed by atoms with van der Waals surface area (Å²) in [6.07, 6.45) is 3.24. The highest BCUT2D eigenvalue weighted by Crippen LogP contribution is 2.22. The maximum absolute atomic E-state index is 12.1. The van der Waals surface area contributed by atoms with Crippen molar-refractivity contribution in [3.8, 4) is 0 Å². The molecule has 1 saturated heterocycles. The van der Waals surface area contributed by atoms with Gasteiger partial charge < -0.3 is 10.6 Å². The van der Waals surface area contributed by atoms with E-state index in [0.717, 1.165) is 37.2 Å². The minimum absolute atomic E-state index is 0. The summed E-state index contributed by atoms with van der Waals surface area (Å²) in [6.45, 7) is 6.18. The third-order valence-corrected chi connectivity index (χ3v) is 4.58. The van der Waals surface area contributed by atoms with Gasteiger partial charge in [-0.05, 0) is 44.4 Å². The average Bonchev–Trinajstić information content (AvgIpc) is 2.72. The summed E-state index contributed by atoms with van der Waals surface area (Å²) in [7, 11) is 0. The van der Waals surface area contributed by atoms with Crippen LogP contribution in [0.3, 0.4) is 0 Å².